The van der Waals surface area contributed by atoms with Crippen LogP contribution in [0, 0.1) is 0 Å². The molecule has 0 radical (unpaired) electrons. The fourth-order valence-corrected chi connectivity index (χ4v) is 8.87. The van der Waals surface area contributed by atoms with Crippen LogP contribution >= 0.6 is 0 Å². The van der Waals surface area contributed by atoms with Gasteiger partial charge in [-0.1, -0.05) is 135 Å². The second kappa shape index (κ2) is 12.1. The lowest BCUT2D eigenvalue weighted by molar-refractivity contribution is 0.346. The lowest BCUT2D eigenvalue weighted by Crippen LogP contribution is -2.30. The van der Waals surface area contributed by atoms with Gasteiger partial charge in [0, 0.05) is 44.0 Å². The van der Waals surface area contributed by atoms with Crippen molar-refractivity contribution in [3.63, 3.8) is 0 Å². The van der Waals surface area contributed by atoms with Crippen LogP contribution in [0.2, 0.25) is 0 Å². The molecule has 3 nitrogen and oxygen atoms in total. The summed E-state index contributed by atoms with van der Waals surface area (Å²) in [6, 6.07) is 61.8. The summed E-state index contributed by atoms with van der Waals surface area (Å²) in [5.74, 6) is 0. The molecule has 2 heterocycles. The molecule has 9 aromatic rings. The average Bonchev–Trinajstić information content (AvgIpc) is 3.75. The van der Waals surface area contributed by atoms with E-state index in [4.69, 9.17) is 4.42 Å². The van der Waals surface area contributed by atoms with Crippen LogP contribution in [-0.4, -0.2) is 4.57 Å². The third-order valence-electron chi connectivity index (χ3n) is 11.3. The number of nitrogens with zero attached hydrogens (tertiary/aromatic N) is 2. The van der Waals surface area contributed by atoms with Gasteiger partial charge in [-0.05, 0) is 78.6 Å². The molecule has 0 saturated heterocycles. The molecular formula is C48H38N2O. The molecular weight excluding hydrogens is 621 g/mol. The zero-order valence-corrected chi connectivity index (χ0v) is 28.5. The lowest BCUT2D eigenvalue weighted by Gasteiger charge is -2.39. The van der Waals surface area contributed by atoms with Crippen LogP contribution in [0.5, 0.6) is 0 Å². The summed E-state index contributed by atoms with van der Waals surface area (Å²) in [7, 11) is 0. The first kappa shape index (κ1) is 29.8. The standard InChI is InChI=1S/C48H38N2O/c1-4-15-34(16-5-1)48(31-12-3-13-32-48)35-25-27-37(28-26-35)49(44-23-14-21-42-41-20-9-11-24-46(41)51-47(42)44)38-29-30-40-39-19-8-10-22-43(39)50(45(40)33-38)36-17-6-2-7-18-36/h1-2,4-11,14-30,33H,3,12-13,31-32H2. The fourth-order valence-electron chi connectivity index (χ4n) is 8.87. The van der Waals surface area contributed by atoms with Crippen LogP contribution < -0.4 is 4.90 Å². The number of rotatable bonds is 6. The Labute approximate surface area is 298 Å². The van der Waals surface area contributed by atoms with Gasteiger partial charge in [0.1, 0.15) is 5.58 Å². The number of hydrogen-bond donors (Lipinski definition) is 0. The second-order valence-corrected chi connectivity index (χ2v) is 14.0. The second-order valence-electron chi connectivity index (χ2n) is 14.0. The molecule has 51 heavy (non-hydrogen) atoms. The topological polar surface area (TPSA) is 21.3 Å². The molecule has 0 aliphatic heterocycles. The molecule has 0 atom stereocenters. The molecule has 1 aliphatic rings. The van der Waals surface area contributed by atoms with Gasteiger partial charge in [0.15, 0.2) is 5.58 Å². The van der Waals surface area contributed by atoms with Crippen molar-refractivity contribution in [2.75, 3.05) is 4.90 Å². The third-order valence-corrected chi connectivity index (χ3v) is 11.3. The van der Waals surface area contributed by atoms with E-state index in [0.29, 0.717) is 0 Å². The summed E-state index contributed by atoms with van der Waals surface area (Å²) < 4.78 is 9.07. The van der Waals surface area contributed by atoms with Gasteiger partial charge in [-0.15, -0.1) is 0 Å². The average molecular weight is 659 g/mol. The lowest BCUT2D eigenvalue weighted by atomic mass is 9.65. The number of benzene rings is 7. The Hall–Kier alpha value is -6.06. The van der Waals surface area contributed by atoms with Gasteiger partial charge in [0.05, 0.1) is 16.7 Å². The number of para-hydroxylation sites is 4. The van der Waals surface area contributed by atoms with Crippen LogP contribution in [0.4, 0.5) is 17.1 Å². The van der Waals surface area contributed by atoms with Crippen LogP contribution in [0.1, 0.15) is 43.2 Å². The minimum absolute atomic E-state index is 0.0388. The third kappa shape index (κ3) is 4.80. The quantitative estimate of drug-likeness (QED) is 0.177. The molecule has 0 unspecified atom stereocenters. The number of hydrogen-bond acceptors (Lipinski definition) is 2. The van der Waals surface area contributed by atoms with Gasteiger partial charge in [-0.25, -0.2) is 0 Å². The maximum absolute atomic E-state index is 6.68. The van der Waals surface area contributed by atoms with E-state index in [-0.39, 0.29) is 5.41 Å². The maximum atomic E-state index is 6.68. The Morgan fingerprint density at radius 3 is 1.90 bits per heavy atom. The van der Waals surface area contributed by atoms with Crippen LogP contribution in [0.25, 0.3) is 49.4 Å². The number of anilines is 3. The van der Waals surface area contributed by atoms with E-state index in [9.17, 15) is 0 Å². The molecule has 0 N–H and O–H groups in total. The highest BCUT2D eigenvalue weighted by Gasteiger charge is 2.35. The number of aromatic nitrogens is 1. The van der Waals surface area contributed by atoms with E-state index in [2.05, 4.69) is 173 Å². The summed E-state index contributed by atoms with van der Waals surface area (Å²) in [4.78, 5) is 2.39. The molecule has 7 aromatic carbocycles. The molecule has 1 saturated carbocycles. The van der Waals surface area contributed by atoms with E-state index in [1.807, 2.05) is 6.07 Å². The molecule has 246 valence electrons. The zero-order valence-electron chi connectivity index (χ0n) is 28.5. The number of fused-ring (bicyclic) bond motifs is 6. The highest BCUT2D eigenvalue weighted by molar-refractivity contribution is 6.12. The molecule has 10 rings (SSSR count). The Balaban J connectivity index is 1.20. The summed E-state index contributed by atoms with van der Waals surface area (Å²) >= 11 is 0. The van der Waals surface area contributed by atoms with Crippen LogP contribution in [-0.2, 0) is 5.41 Å². The monoisotopic (exact) mass is 658 g/mol. The first-order chi connectivity index (χ1) is 25.3. The largest absolute Gasteiger partial charge is 0.454 e. The highest BCUT2D eigenvalue weighted by atomic mass is 16.3. The molecule has 0 amide bonds. The Kier molecular flexibility index (Phi) is 7.06. The predicted octanol–water partition coefficient (Wildman–Crippen LogP) is 13.4. The SMILES string of the molecule is c1ccc(-n2c3ccccc3c3ccc(N(c4ccc(C5(c6ccccc6)CCCCC5)cc4)c4cccc5c4oc4ccccc45)cc32)cc1. The van der Waals surface area contributed by atoms with Crippen molar-refractivity contribution in [1.82, 2.24) is 4.57 Å². The fraction of sp³-hybridized carbons (Fsp3) is 0.125. The smallest absolute Gasteiger partial charge is 0.159 e. The van der Waals surface area contributed by atoms with E-state index >= 15 is 0 Å². The zero-order chi connectivity index (χ0) is 33.8. The molecule has 1 aliphatic carbocycles. The first-order valence-corrected chi connectivity index (χ1v) is 18.2. The van der Waals surface area contributed by atoms with Gasteiger partial charge < -0.3 is 13.9 Å². The van der Waals surface area contributed by atoms with Gasteiger partial charge >= 0.3 is 0 Å². The molecule has 0 bridgehead atoms. The molecule has 2 aromatic heterocycles. The van der Waals surface area contributed by atoms with Crippen LogP contribution in [0.3, 0.4) is 0 Å². The van der Waals surface area contributed by atoms with Gasteiger partial charge in [-0.3, -0.25) is 0 Å². The van der Waals surface area contributed by atoms with Gasteiger partial charge in [0.2, 0.25) is 0 Å². The molecule has 0 spiro atoms. The minimum atomic E-state index is 0.0388. The van der Waals surface area contributed by atoms with Crippen LogP contribution in [0.15, 0.2) is 174 Å². The summed E-state index contributed by atoms with van der Waals surface area (Å²) in [6.45, 7) is 0. The Bertz CT molecular complexity index is 2660. The van der Waals surface area contributed by atoms with E-state index in [1.54, 1.807) is 0 Å². The van der Waals surface area contributed by atoms with Crippen molar-refractivity contribution >= 4 is 60.8 Å². The van der Waals surface area contributed by atoms with Crippen molar-refractivity contribution in [3.05, 3.63) is 181 Å². The van der Waals surface area contributed by atoms with E-state index < -0.39 is 0 Å². The van der Waals surface area contributed by atoms with E-state index in [1.165, 1.54) is 65.0 Å². The van der Waals surface area contributed by atoms with Crippen molar-refractivity contribution in [2.24, 2.45) is 0 Å². The minimum Gasteiger partial charge on any atom is -0.454 e. The van der Waals surface area contributed by atoms with Crippen molar-refractivity contribution in [1.29, 1.82) is 0 Å². The highest BCUT2D eigenvalue weighted by Crippen LogP contribution is 2.47. The summed E-state index contributed by atoms with van der Waals surface area (Å²) in [6.07, 6.45) is 6.18. The molecule has 3 heteroatoms. The predicted molar refractivity (Wildman–Crippen MR) is 213 cm³/mol. The van der Waals surface area contributed by atoms with Crippen molar-refractivity contribution in [3.8, 4) is 5.69 Å². The number of furan rings is 1. The summed E-state index contributed by atoms with van der Waals surface area (Å²) in [5, 5.41) is 4.73. The summed E-state index contributed by atoms with van der Waals surface area (Å²) in [5.41, 5.74) is 11.4. The maximum Gasteiger partial charge on any atom is 0.159 e. The molecule has 1 fully saturated rings. The first-order valence-electron chi connectivity index (χ1n) is 18.2. The van der Waals surface area contributed by atoms with Crippen molar-refractivity contribution < 1.29 is 4.42 Å². The Morgan fingerprint density at radius 1 is 0.471 bits per heavy atom. The Morgan fingerprint density at radius 2 is 1.10 bits per heavy atom. The van der Waals surface area contributed by atoms with Gasteiger partial charge in [-0.2, -0.15) is 0 Å². The normalized spacial score (nSPS) is 14.4. The van der Waals surface area contributed by atoms with Crippen molar-refractivity contribution in [2.45, 2.75) is 37.5 Å². The van der Waals surface area contributed by atoms with Gasteiger partial charge in [0.25, 0.3) is 0 Å². The van der Waals surface area contributed by atoms with E-state index in [0.717, 1.165) is 44.7 Å².